The van der Waals surface area contributed by atoms with Gasteiger partial charge in [-0.3, -0.25) is 10.1 Å². The standard InChI is InChI=1S/C14H7Cl5N2O5/c1-25-12-9(16)10(8(15)11(20-12)14(17,18)19)26-13(22)6-2-4-7(5-3-6)21(23)24/h2-5H,1H3. The predicted molar refractivity (Wildman–Crippen MR) is 98.1 cm³/mol. The first-order chi connectivity index (χ1) is 12.1. The number of benzene rings is 1. The number of alkyl halides is 3. The van der Waals surface area contributed by atoms with Crippen LogP contribution in [0.3, 0.4) is 0 Å². The van der Waals surface area contributed by atoms with Crippen molar-refractivity contribution in [2.45, 2.75) is 3.79 Å². The molecule has 0 aliphatic heterocycles. The fourth-order valence-electron chi connectivity index (χ4n) is 1.78. The molecule has 12 heteroatoms. The van der Waals surface area contributed by atoms with Crippen LogP contribution in [0.25, 0.3) is 0 Å². The second-order valence-electron chi connectivity index (χ2n) is 4.62. The van der Waals surface area contributed by atoms with Crippen molar-refractivity contribution in [1.82, 2.24) is 4.98 Å². The number of carbonyl (C=O) groups is 1. The van der Waals surface area contributed by atoms with Crippen LogP contribution in [0.4, 0.5) is 5.69 Å². The number of nitro benzene ring substituents is 1. The Kier molecular flexibility index (Phi) is 6.42. The van der Waals surface area contributed by atoms with Gasteiger partial charge in [-0.1, -0.05) is 58.0 Å². The van der Waals surface area contributed by atoms with Crippen LogP contribution < -0.4 is 9.47 Å². The quantitative estimate of drug-likeness (QED) is 0.264. The van der Waals surface area contributed by atoms with Crippen molar-refractivity contribution in [2.24, 2.45) is 0 Å². The lowest BCUT2D eigenvalue weighted by Gasteiger charge is -2.17. The van der Waals surface area contributed by atoms with Gasteiger partial charge in [0.1, 0.15) is 15.7 Å². The SMILES string of the molecule is COc1nc(C(Cl)(Cl)Cl)c(Cl)c(OC(=O)c2ccc([N+](=O)[O-])cc2)c1Cl. The molecule has 0 unspecified atom stereocenters. The molecule has 2 rings (SSSR count). The lowest BCUT2D eigenvalue weighted by Crippen LogP contribution is -2.13. The monoisotopic (exact) mass is 458 g/mol. The van der Waals surface area contributed by atoms with Gasteiger partial charge in [-0.2, -0.15) is 0 Å². The number of aromatic nitrogens is 1. The fraction of sp³-hybridized carbons (Fsp3) is 0.143. The highest BCUT2D eigenvalue weighted by Gasteiger charge is 2.33. The summed E-state index contributed by atoms with van der Waals surface area (Å²) in [6, 6.07) is 4.69. The van der Waals surface area contributed by atoms with Crippen LogP contribution in [-0.4, -0.2) is 23.0 Å². The molecule has 0 spiro atoms. The zero-order chi connectivity index (χ0) is 19.6. The van der Waals surface area contributed by atoms with Gasteiger partial charge in [-0.15, -0.1) is 0 Å². The molecule has 0 aliphatic rings. The summed E-state index contributed by atoms with van der Waals surface area (Å²) >= 11 is 29.6. The van der Waals surface area contributed by atoms with Crippen LogP contribution in [-0.2, 0) is 3.79 Å². The molecule has 0 saturated heterocycles. The molecule has 1 heterocycles. The van der Waals surface area contributed by atoms with E-state index < -0.39 is 14.7 Å². The number of esters is 1. The minimum Gasteiger partial charge on any atom is -0.480 e. The highest BCUT2D eigenvalue weighted by molar-refractivity contribution is 6.67. The maximum absolute atomic E-state index is 12.3. The summed E-state index contributed by atoms with van der Waals surface area (Å²) in [5.41, 5.74) is -0.437. The average molecular weight is 460 g/mol. The van der Waals surface area contributed by atoms with E-state index in [1.54, 1.807) is 0 Å². The molecule has 0 atom stereocenters. The van der Waals surface area contributed by atoms with Gasteiger partial charge in [0.05, 0.1) is 17.6 Å². The van der Waals surface area contributed by atoms with Crippen molar-refractivity contribution >= 4 is 69.7 Å². The summed E-state index contributed by atoms with van der Waals surface area (Å²) < 4.78 is 8.10. The zero-order valence-corrected chi connectivity index (χ0v) is 16.4. The van der Waals surface area contributed by atoms with E-state index in [9.17, 15) is 14.9 Å². The number of carbonyl (C=O) groups excluding carboxylic acids is 1. The Labute approximate surface area is 171 Å². The Bertz CT molecular complexity index is 868. The van der Waals surface area contributed by atoms with Crippen molar-refractivity contribution in [2.75, 3.05) is 7.11 Å². The lowest BCUT2D eigenvalue weighted by molar-refractivity contribution is -0.384. The van der Waals surface area contributed by atoms with E-state index in [1.165, 1.54) is 19.2 Å². The number of methoxy groups -OCH3 is 1. The third-order valence-corrected chi connectivity index (χ3v) is 4.20. The maximum Gasteiger partial charge on any atom is 0.343 e. The molecule has 7 nitrogen and oxygen atoms in total. The van der Waals surface area contributed by atoms with Gasteiger partial charge in [0.15, 0.2) is 5.75 Å². The molecule has 0 radical (unpaired) electrons. The Morgan fingerprint density at radius 2 is 1.73 bits per heavy atom. The number of rotatable bonds is 4. The smallest absolute Gasteiger partial charge is 0.343 e. The van der Waals surface area contributed by atoms with E-state index in [1.807, 2.05) is 0 Å². The number of nitrogens with zero attached hydrogens (tertiary/aromatic N) is 2. The normalized spacial score (nSPS) is 11.2. The minimum atomic E-state index is -2.04. The molecule has 138 valence electrons. The van der Waals surface area contributed by atoms with Crippen molar-refractivity contribution in [1.29, 1.82) is 0 Å². The first-order valence-electron chi connectivity index (χ1n) is 6.53. The van der Waals surface area contributed by atoms with Crippen molar-refractivity contribution in [3.05, 3.63) is 55.7 Å². The third-order valence-electron chi connectivity index (χ3n) is 2.98. The van der Waals surface area contributed by atoms with Crippen LogP contribution >= 0.6 is 58.0 Å². The Morgan fingerprint density at radius 3 is 2.19 bits per heavy atom. The number of halogens is 5. The highest BCUT2D eigenvalue weighted by atomic mass is 35.6. The first-order valence-corrected chi connectivity index (χ1v) is 8.42. The van der Waals surface area contributed by atoms with E-state index in [0.29, 0.717) is 0 Å². The minimum absolute atomic E-state index is 0.00828. The molecule has 0 N–H and O–H groups in total. The van der Waals surface area contributed by atoms with Crippen molar-refractivity contribution in [3.63, 3.8) is 0 Å². The second-order valence-corrected chi connectivity index (χ2v) is 7.66. The maximum atomic E-state index is 12.3. The van der Waals surface area contributed by atoms with Gasteiger partial charge in [0.2, 0.25) is 9.67 Å². The number of nitro groups is 1. The molecule has 2 aromatic rings. The summed E-state index contributed by atoms with van der Waals surface area (Å²) in [5.74, 6) is -1.40. The van der Waals surface area contributed by atoms with E-state index >= 15 is 0 Å². The van der Waals surface area contributed by atoms with E-state index in [4.69, 9.17) is 67.5 Å². The molecule has 0 saturated carbocycles. The summed E-state index contributed by atoms with van der Waals surface area (Å²) in [7, 11) is 1.26. The zero-order valence-electron chi connectivity index (χ0n) is 12.6. The van der Waals surface area contributed by atoms with Crippen LogP contribution in [0, 0.1) is 10.1 Å². The predicted octanol–water partition coefficient (Wildman–Crippen LogP) is 5.35. The molecular formula is C14H7Cl5N2O5. The number of ether oxygens (including phenoxy) is 2. The van der Waals surface area contributed by atoms with Crippen LogP contribution in [0.1, 0.15) is 16.1 Å². The molecule has 0 fully saturated rings. The molecule has 26 heavy (non-hydrogen) atoms. The Balaban J connectivity index is 2.44. The number of pyridine rings is 1. The fourth-order valence-corrected chi connectivity index (χ4v) is 2.96. The van der Waals surface area contributed by atoms with Gasteiger partial charge in [-0.05, 0) is 12.1 Å². The highest BCUT2D eigenvalue weighted by Crippen LogP contribution is 2.48. The molecular weight excluding hydrogens is 453 g/mol. The number of non-ortho nitro benzene ring substituents is 1. The summed E-state index contributed by atoms with van der Waals surface area (Å²) in [6.07, 6.45) is 0. The summed E-state index contributed by atoms with van der Waals surface area (Å²) in [5, 5.41) is 10.1. The van der Waals surface area contributed by atoms with Crippen molar-refractivity contribution in [3.8, 4) is 11.6 Å². The molecule has 1 aromatic heterocycles. The van der Waals surface area contributed by atoms with Gasteiger partial charge in [0.25, 0.3) is 5.69 Å². The van der Waals surface area contributed by atoms with Crippen LogP contribution in [0.5, 0.6) is 11.6 Å². The first kappa shape index (κ1) is 20.8. The van der Waals surface area contributed by atoms with Crippen molar-refractivity contribution < 1.29 is 19.2 Å². The molecule has 0 aliphatic carbocycles. The van der Waals surface area contributed by atoms with Crippen LogP contribution in [0.2, 0.25) is 10.0 Å². The molecule has 1 aromatic carbocycles. The Hall–Kier alpha value is -1.51. The van der Waals surface area contributed by atoms with Gasteiger partial charge < -0.3 is 9.47 Å². The van der Waals surface area contributed by atoms with Crippen LogP contribution in [0.15, 0.2) is 24.3 Å². The Morgan fingerprint density at radius 1 is 1.15 bits per heavy atom. The molecule has 0 bridgehead atoms. The number of hydrogen-bond acceptors (Lipinski definition) is 6. The summed E-state index contributed by atoms with van der Waals surface area (Å²) in [4.78, 5) is 26.2. The van der Waals surface area contributed by atoms with Gasteiger partial charge in [-0.25, -0.2) is 9.78 Å². The topological polar surface area (TPSA) is 91.6 Å². The average Bonchev–Trinajstić information content (AvgIpc) is 2.57. The number of hydrogen-bond donors (Lipinski definition) is 0. The largest absolute Gasteiger partial charge is 0.480 e. The van der Waals surface area contributed by atoms with Gasteiger partial charge >= 0.3 is 5.97 Å². The third kappa shape index (κ3) is 4.42. The summed E-state index contributed by atoms with van der Waals surface area (Å²) in [6.45, 7) is 0. The lowest BCUT2D eigenvalue weighted by atomic mass is 10.2. The van der Waals surface area contributed by atoms with E-state index in [0.717, 1.165) is 12.1 Å². The molecule has 0 amide bonds. The van der Waals surface area contributed by atoms with E-state index in [2.05, 4.69) is 4.98 Å². The second kappa shape index (κ2) is 8.02. The van der Waals surface area contributed by atoms with Gasteiger partial charge in [0, 0.05) is 12.1 Å². The van der Waals surface area contributed by atoms with E-state index in [-0.39, 0.29) is 38.6 Å².